The van der Waals surface area contributed by atoms with E-state index in [1.54, 1.807) is 34.9 Å². The van der Waals surface area contributed by atoms with Gasteiger partial charge in [0, 0.05) is 32.1 Å². The quantitative estimate of drug-likeness (QED) is 0.551. The first-order valence-electron chi connectivity index (χ1n) is 10.7. The number of halogens is 2. The Kier molecular flexibility index (Phi) is 9.91. The maximum absolute atomic E-state index is 12.9. The number of likely N-dealkylation sites (tertiary alicyclic amines) is 1. The molecule has 172 valence electrons. The highest BCUT2D eigenvalue weighted by Gasteiger charge is 2.30. The second-order valence-electron chi connectivity index (χ2n) is 7.66. The second-order valence-corrected chi connectivity index (χ2v) is 8.45. The molecule has 0 aliphatic carbocycles. The summed E-state index contributed by atoms with van der Waals surface area (Å²) in [5.74, 6) is -0.605. The van der Waals surface area contributed by atoms with Gasteiger partial charge in [0.2, 0.25) is 5.91 Å². The van der Waals surface area contributed by atoms with Gasteiger partial charge in [0.05, 0.1) is 28.3 Å². The van der Waals surface area contributed by atoms with Crippen LogP contribution >= 0.6 is 23.2 Å². The Bertz CT molecular complexity index is 790. The molecule has 1 heterocycles. The van der Waals surface area contributed by atoms with Crippen molar-refractivity contribution in [3.8, 4) is 0 Å². The molecule has 2 atom stereocenters. The Morgan fingerprint density at radius 1 is 1.29 bits per heavy atom. The van der Waals surface area contributed by atoms with Crippen LogP contribution in [0.3, 0.4) is 0 Å². The topological polar surface area (TPSA) is 79.0 Å². The predicted molar refractivity (Wildman–Crippen MR) is 122 cm³/mol. The molecule has 1 aliphatic rings. The van der Waals surface area contributed by atoms with Crippen molar-refractivity contribution < 1.29 is 19.1 Å². The van der Waals surface area contributed by atoms with Gasteiger partial charge in [-0.2, -0.15) is 0 Å². The zero-order chi connectivity index (χ0) is 23.0. The van der Waals surface area contributed by atoms with Gasteiger partial charge in [-0.25, -0.2) is 4.79 Å². The van der Waals surface area contributed by atoms with Crippen LogP contribution in [0.4, 0.5) is 10.5 Å². The molecule has 0 aromatic heterocycles. The van der Waals surface area contributed by atoms with Crippen LogP contribution in [0, 0.1) is 5.92 Å². The fourth-order valence-electron chi connectivity index (χ4n) is 3.56. The fraction of sp³-hybridized carbons (Fsp3) is 0.591. The SMILES string of the molecule is CCOC(=O)C1CCCN(C(=O)CCN(C(=O)Nc2cccc(Cl)c2Cl)C(C)CC)C1. The number of nitrogens with zero attached hydrogens (tertiary/aromatic N) is 2. The van der Waals surface area contributed by atoms with E-state index in [9.17, 15) is 14.4 Å². The zero-order valence-corrected chi connectivity index (χ0v) is 19.8. The van der Waals surface area contributed by atoms with E-state index in [1.165, 1.54) is 0 Å². The molecule has 7 nitrogen and oxygen atoms in total. The van der Waals surface area contributed by atoms with Crippen molar-refractivity contribution in [3.63, 3.8) is 0 Å². The van der Waals surface area contributed by atoms with Gasteiger partial charge in [0.1, 0.15) is 0 Å². The molecule has 0 radical (unpaired) electrons. The summed E-state index contributed by atoms with van der Waals surface area (Å²) in [5, 5.41) is 3.42. The van der Waals surface area contributed by atoms with E-state index in [-0.39, 0.29) is 47.9 Å². The summed E-state index contributed by atoms with van der Waals surface area (Å²) in [6, 6.07) is 4.62. The van der Waals surface area contributed by atoms with Gasteiger partial charge in [-0.1, -0.05) is 36.2 Å². The number of hydrogen-bond donors (Lipinski definition) is 1. The number of esters is 1. The van der Waals surface area contributed by atoms with Crippen molar-refractivity contribution in [2.45, 2.75) is 52.5 Å². The van der Waals surface area contributed by atoms with Gasteiger partial charge in [-0.15, -0.1) is 0 Å². The number of benzene rings is 1. The van der Waals surface area contributed by atoms with Crippen LogP contribution < -0.4 is 5.32 Å². The largest absolute Gasteiger partial charge is 0.466 e. The van der Waals surface area contributed by atoms with E-state index in [2.05, 4.69) is 5.32 Å². The van der Waals surface area contributed by atoms with Gasteiger partial charge in [0.15, 0.2) is 0 Å². The minimum Gasteiger partial charge on any atom is -0.466 e. The molecule has 2 rings (SSSR count). The minimum absolute atomic E-state index is 0.0700. The lowest BCUT2D eigenvalue weighted by Gasteiger charge is -2.33. The molecule has 31 heavy (non-hydrogen) atoms. The number of carbonyl (C=O) groups is 3. The van der Waals surface area contributed by atoms with Crippen molar-refractivity contribution in [2.24, 2.45) is 5.92 Å². The number of nitrogens with one attached hydrogen (secondary N) is 1. The minimum atomic E-state index is -0.339. The molecule has 1 aliphatic heterocycles. The highest BCUT2D eigenvalue weighted by atomic mass is 35.5. The Morgan fingerprint density at radius 3 is 2.71 bits per heavy atom. The van der Waals surface area contributed by atoms with E-state index in [0.29, 0.717) is 30.4 Å². The molecule has 1 N–H and O–H groups in total. The summed E-state index contributed by atoms with van der Waals surface area (Å²) < 4.78 is 5.10. The third-order valence-electron chi connectivity index (χ3n) is 5.54. The molecule has 3 amide bonds. The van der Waals surface area contributed by atoms with E-state index in [0.717, 1.165) is 19.3 Å². The number of ether oxygens (including phenoxy) is 1. The van der Waals surface area contributed by atoms with Crippen molar-refractivity contribution in [2.75, 3.05) is 31.6 Å². The lowest BCUT2D eigenvalue weighted by Crippen LogP contribution is -2.46. The van der Waals surface area contributed by atoms with Crippen LogP contribution in [-0.2, 0) is 14.3 Å². The van der Waals surface area contributed by atoms with Crippen molar-refractivity contribution in [1.29, 1.82) is 0 Å². The smallest absolute Gasteiger partial charge is 0.322 e. The van der Waals surface area contributed by atoms with E-state index >= 15 is 0 Å². The summed E-state index contributed by atoms with van der Waals surface area (Å²) in [6.07, 6.45) is 2.40. The Labute approximate surface area is 194 Å². The number of piperidine rings is 1. The molecule has 1 saturated heterocycles. The predicted octanol–water partition coefficient (Wildman–Crippen LogP) is 4.82. The van der Waals surface area contributed by atoms with Crippen molar-refractivity contribution in [1.82, 2.24) is 9.80 Å². The van der Waals surface area contributed by atoms with Crippen LogP contribution in [0.15, 0.2) is 18.2 Å². The molecule has 1 fully saturated rings. The van der Waals surface area contributed by atoms with Crippen LogP contribution in [0.1, 0.15) is 46.5 Å². The lowest BCUT2D eigenvalue weighted by molar-refractivity contribution is -0.151. The zero-order valence-electron chi connectivity index (χ0n) is 18.3. The van der Waals surface area contributed by atoms with Crippen LogP contribution in [0.25, 0.3) is 0 Å². The molecular formula is C22H31Cl2N3O4. The molecule has 0 bridgehead atoms. The number of rotatable bonds is 8. The first kappa shape index (κ1) is 25.3. The first-order valence-corrected chi connectivity index (χ1v) is 11.5. The monoisotopic (exact) mass is 471 g/mol. The fourth-order valence-corrected chi connectivity index (χ4v) is 3.91. The van der Waals surface area contributed by atoms with E-state index < -0.39 is 0 Å². The number of anilines is 1. The van der Waals surface area contributed by atoms with Crippen molar-refractivity contribution >= 4 is 46.8 Å². The standard InChI is InChI=1S/C22H31Cl2N3O4/c1-4-15(3)27(22(30)25-18-10-6-9-17(23)20(18)24)13-11-19(28)26-12-7-8-16(14-26)21(29)31-5-2/h6,9-10,15-16H,4-5,7-8,11-14H2,1-3H3,(H,25,30). The van der Waals surface area contributed by atoms with Gasteiger partial charge >= 0.3 is 12.0 Å². The first-order chi connectivity index (χ1) is 14.8. The summed E-state index contributed by atoms with van der Waals surface area (Å²) in [4.78, 5) is 41.1. The number of carbonyl (C=O) groups excluding carboxylic acids is 3. The molecule has 9 heteroatoms. The molecule has 2 unspecified atom stereocenters. The van der Waals surface area contributed by atoms with Crippen LogP contribution in [0.5, 0.6) is 0 Å². The third kappa shape index (κ3) is 7.01. The lowest BCUT2D eigenvalue weighted by atomic mass is 9.98. The van der Waals surface area contributed by atoms with Crippen LogP contribution in [-0.4, -0.2) is 60.0 Å². The summed E-state index contributed by atoms with van der Waals surface area (Å²) in [7, 11) is 0. The molecule has 1 aromatic rings. The molecular weight excluding hydrogens is 441 g/mol. The Hall–Kier alpha value is -1.99. The average molecular weight is 472 g/mol. The molecule has 1 aromatic carbocycles. The van der Waals surface area contributed by atoms with Crippen molar-refractivity contribution in [3.05, 3.63) is 28.2 Å². The average Bonchev–Trinajstić information content (AvgIpc) is 2.76. The van der Waals surface area contributed by atoms with E-state index in [1.807, 2.05) is 13.8 Å². The van der Waals surface area contributed by atoms with Gasteiger partial charge < -0.3 is 19.9 Å². The second kappa shape index (κ2) is 12.2. The normalized spacial score (nSPS) is 17.1. The Balaban J connectivity index is 1.99. The maximum atomic E-state index is 12.9. The van der Waals surface area contributed by atoms with Gasteiger partial charge in [-0.05, 0) is 45.2 Å². The van der Waals surface area contributed by atoms with E-state index in [4.69, 9.17) is 27.9 Å². The summed E-state index contributed by atoms with van der Waals surface area (Å²) in [5.41, 5.74) is 0.423. The van der Waals surface area contributed by atoms with Gasteiger partial charge in [0.25, 0.3) is 0 Å². The summed E-state index contributed by atoms with van der Waals surface area (Å²) >= 11 is 12.2. The maximum Gasteiger partial charge on any atom is 0.322 e. The number of amides is 3. The number of hydrogen-bond acceptors (Lipinski definition) is 4. The highest BCUT2D eigenvalue weighted by Crippen LogP contribution is 2.30. The van der Waals surface area contributed by atoms with Crippen LogP contribution in [0.2, 0.25) is 10.0 Å². The third-order valence-corrected chi connectivity index (χ3v) is 6.36. The molecule has 0 saturated carbocycles. The highest BCUT2D eigenvalue weighted by molar-refractivity contribution is 6.43. The molecule has 0 spiro atoms. The summed E-state index contributed by atoms with van der Waals surface area (Å²) in [6.45, 7) is 7.26. The Morgan fingerprint density at radius 2 is 2.03 bits per heavy atom. The number of urea groups is 1. The van der Waals surface area contributed by atoms with Gasteiger partial charge in [-0.3, -0.25) is 9.59 Å².